The predicted octanol–water partition coefficient (Wildman–Crippen LogP) is 1.93. The molecule has 0 bridgehead atoms. The van der Waals surface area contributed by atoms with Crippen molar-refractivity contribution in [2.24, 2.45) is 0 Å². The third-order valence-electron chi connectivity index (χ3n) is 2.95. The first kappa shape index (κ1) is 20.4. The lowest BCUT2D eigenvalue weighted by atomic mass is 10.3. The molecule has 0 fully saturated rings. The van der Waals surface area contributed by atoms with E-state index in [1.54, 1.807) is 24.3 Å². The highest BCUT2D eigenvalue weighted by Crippen LogP contribution is 2.13. The van der Waals surface area contributed by atoms with Gasteiger partial charge in [0.05, 0.1) is 5.75 Å². The van der Waals surface area contributed by atoms with Crippen molar-refractivity contribution in [3.8, 4) is 0 Å². The van der Waals surface area contributed by atoms with E-state index in [0.29, 0.717) is 17.1 Å². The second-order valence-corrected chi connectivity index (χ2v) is 7.48. The van der Waals surface area contributed by atoms with Crippen LogP contribution in [0.1, 0.15) is 26.7 Å². The summed E-state index contributed by atoms with van der Waals surface area (Å²) in [5, 5.41) is 3.06. The van der Waals surface area contributed by atoms with Gasteiger partial charge in [0.25, 0.3) is 5.91 Å². The first-order valence-electron chi connectivity index (χ1n) is 7.45. The molecule has 1 amide bonds. The number of ether oxygens (including phenoxy) is 1. The van der Waals surface area contributed by atoms with E-state index in [0.717, 1.165) is 6.42 Å². The Balaban J connectivity index is 2.41. The molecule has 7 nitrogen and oxygen atoms in total. The topological polar surface area (TPSA) is 102 Å². The van der Waals surface area contributed by atoms with Gasteiger partial charge < -0.3 is 10.1 Å². The van der Waals surface area contributed by atoms with Crippen LogP contribution < -0.4 is 10.0 Å². The molecular weight excluding hydrogens is 356 g/mol. The molecule has 0 radical (unpaired) electrons. The fraction of sp³-hybridized carbons (Fsp3) is 0.467. The number of halogens is 1. The lowest BCUT2D eigenvalue weighted by molar-refractivity contribution is -0.148. The molecular formula is C15H21ClN2O5S. The van der Waals surface area contributed by atoms with Crippen molar-refractivity contribution in [1.82, 2.24) is 4.72 Å². The van der Waals surface area contributed by atoms with Gasteiger partial charge in [-0.25, -0.2) is 13.1 Å². The highest BCUT2D eigenvalue weighted by Gasteiger charge is 2.21. The Morgan fingerprint density at radius 2 is 1.88 bits per heavy atom. The highest BCUT2D eigenvalue weighted by atomic mass is 35.5. The van der Waals surface area contributed by atoms with Crippen LogP contribution in [0.4, 0.5) is 5.69 Å². The van der Waals surface area contributed by atoms with E-state index in [9.17, 15) is 18.0 Å². The maximum atomic E-state index is 11.7. The first-order valence-corrected chi connectivity index (χ1v) is 9.48. The molecule has 0 saturated heterocycles. The second-order valence-electron chi connectivity index (χ2n) is 5.17. The van der Waals surface area contributed by atoms with Crippen LogP contribution in [-0.2, 0) is 24.3 Å². The zero-order chi connectivity index (χ0) is 18.2. The predicted molar refractivity (Wildman–Crippen MR) is 92.3 cm³/mol. The molecule has 24 heavy (non-hydrogen) atoms. The Morgan fingerprint density at radius 1 is 1.25 bits per heavy atom. The van der Waals surface area contributed by atoms with Crippen LogP contribution in [0.25, 0.3) is 0 Å². The van der Waals surface area contributed by atoms with Crippen molar-refractivity contribution in [2.75, 3.05) is 17.7 Å². The number of carbonyl (C=O) groups excluding carboxylic acids is 2. The molecule has 0 saturated carbocycles. The number of nitrogens with one attached hydrogen (secondary N) is 2. The van der Waals surface area contributed by atoms with E-state index in [4.69, 9.17) is 16.3 Å². The summed E-state index contributed by atoms with van der Waals surface area (Å²) in [6.45, 7) is 2.72. The Hall–Kier alpha value is -1.64. The van der Waals surface area contributed by atoms with Gasteiger partial charge >= 0.3 is 5.97 Å². The number of anilines is 1. The molecule has 0 aromatic heterocycles. The standard InChI is InChI=1S/C15H21ClN2O5S/c1-3-4-9-24(21,22)18-11(2)15(20)23-10-14(19)17-13-7-5-12(16)6-8-13/h5-8,11,18H,3-4,9-10H2,1-2H3,(H,17,19)/t11-/m0/s1. The summed E-state index contributed by atoms with van der Waals surface area (Å²) in [7, 11) is -3.54. The quantitative estimate of drug-likeness (QED) is 0.641. The Morgan fingerprint density at radius 3 is 2.46 bits per heavy atom. The van der Waals surface area contributed by atoms with Crippen LogP contribution in [0.2, 0.25) is 5.02 Å². The number of rotatable bonds is 9. The minimum atomic E-state index is -3.54. The van der Waals surface area contributed by atoms with E-state index in [-0.39, 0.29) is 5.75 Å². The van der Waals surface area contributed by atoms with E-state index in [1.165, 1.54) is 6.92 Å². The zero-order valence-corrected chi connectivity index (χ0v) is 15.1. The van der Waals surface area contributed by atoms with Crippen molar-refractivity contribution in [3.05, 3.63) is 29.3 Å². The molecule has 0 unspecified atom stereocenters. The molecule has 9 heteroatoms. The van der Waals surface area contributed by atoms with Gasteiger partial charge in [0, 0.05) is 10.7 Å². The molecule has 134 valence electrons. The van der Waals surface area contributed by atoms with Crippen molar-refractivity contribution in [2.45, 2.75) is 32.7 Å². The van der Waals surface area contributed by atoms with E-state index < -0.39 is 34.5 Å². The number of amides is 1. The normalized spacial score (nSPS) is 12.5. The fourth-order valence-electron chi connectivity index (χ4n) is 1.70. The average Bonchev–Trinajstić information content (AvgIpc) is 2.52. The van der Waals surface area contributed by atoms with Gasteiger partial charge in [-0.05, 0) is 37.6 Å². The smallest absolute Gasteiger partial charge is 0.324 e. The van der Waals surface area contributed by atoms with Crippen molar-refractivity contribution in [3.63, 3.8) is 0 Å². The molecule has 1 rings (SSSR count). The van der Waals surface area contributed by atoms with Crippen LogP contribution in [0.5, 0.6) is 0 Å². The van der Waals surface area contributed by atoms with Gasteiger partial charge in [-0.15, -0.1) is 0 Å². The van der Waals surface area contributed by atoms with Crippen molar-refractivity contribution in [1.29, 1.82) is 0 Å². The molecule has 1 atom stereocenters. The number of hydrogen-bond acceptors (Lipinski definition) is 5. The minimum absolute atomic E-state index is 0.0574. The lowest BCUT2D eigenvalue weighted by Crippen LogP contribution is -2.41. The van der Waals surface area contributed by atoms with Crippen molar-refractivity contribution < 1.29 is 22.7 Å². The fourth-order valence-corrected chi connectivity index (χ4v) is 3.25. The second kappa shape index (κ2) is 9.61. The third-order valence-corrected chi connectivity index (χ3v) is 4.74. The highest BCUT2D eigenvalue weighted by molar-refractivity contribution is 7.89. The number of sulfonamides is 1. The third kappa shape index (κ3) is 7.76. The Kier molecular flexibility index (Phi) is 8.17. The van der Waals surface area contributed by atoms with Gasteiger partial charge in [-0.1, -0.05) is 24.9 Å². The molecule has 1 aromatic rings. The van der Waals surface area contributed by atoms with Gasteiger partial charge in [-0.3, -0.25) is 9.59 Å². The van der Waals surface area contributed by atoms with Crippen LogP contribution in [-0.4, -0.2) is 38.7 Å². The summed E-state index contributed by atoms with van der Waals surface area (Å²) in [4.78, 5) is 23.4. The maximum Gasteiger partial charge on any atom is 0.324 e. The van der Waals surface area contributed by atoms with Gasteiger partial charge in [0.2, 0.25) is 10.0 Å². The Bertz CT molecular complexity index is 661. The number of benzene rings is 1. The summed E-state index contributed by atoms with van der Waals surface area (Å²) in [5.74, 6) is -1.41. The molecule has 0 spiro atoms. The number of hydrogen-bond donors (Lipinski definition) is 2. The van der Waals surface area contributed by atoms with Crippen LogP contribution >= 0.6 is 11.6 Å². The van der Waals surface area contributed by atoms with Gasteiger partial charge in [0.15, 0.2) is 6.61 Å². The lowest BCUT2D eigenvalue weighted by Gasteiger charge is -2.13. The largest absolute Gasteiger partial charge is 0.454 e. The van der Waals surface area contributed by atoms with Gasteiger partial charge in [0.1, 0.15) is 6.04 Å². The number of unbranched alkanes of at least 4 members (excludes halogenated alkanes) is 1. The summed E-state index contributed by atoms with van der Waals surface area (Å²) < 4.78 is 30.4. The van der Waals surface area contributed by atoms with Crippen molar-refractivity contribution >= 4 is 39.2 Å². The average molecular weight is 377 g/mol. The Labute approximate surface area is 146 Å². The monoisotopic (exact) mass is 376 g/mol. The van der Waals surface area contributed by atoms with E-state index >= 15 is 0 Å². The van der Waals surface area contributed by atoms with Gasteiger partial charge in [-0.2, -0.15) is 0 Å². The number of carbonyl (C=O) groups is 2. The van der Waals surface area contributed by atoms with E-state index in [2.05, 4.69) is 10.0 Å². The molecule has 2 N–H and O–H groups in total. The van der Waals surface area contributed by atoms with E-state index in [1.807, 2.05) is 6.92 Å². The summed E-state index contributed by atoms with van der Waals surface area (Å²) in [6, 6.07) is 5.36. The summed E-state index contributed by atoms with van der Waals surface area (Å²) in [6.07, 6.45) is 1.23. The maximum absolute atomic E-state index is 11.7. The zero-order valence-electron chi connectivity index (χ0n) is 13.5. The summed E-state index contributed by atoms with van der Waals surface area (Å²) >= 11 is 5.73. The molecule has 1 aromatic carbocycles. The van der Waals surface area contributed by atoms with Crippen LogP contribution in [0.15, 0.2) is 24.3 Å². The number of esters is 1. The molecule has 0 aliphatic carbocycles. The van der Waals surface area contributed by atoms with Crippen LogP contribution in [0.3, 0.4) is 0 Å². The van der Waals surface area contributed by atoms with Crippen LogP contribution in [0, 0.1) is 0 Å². The molecule has 0 aliphatic rings. The molecule has 0 aliphatic heterocycles. The minimum Gasteiger partial charge on any atom is -0.454 e. The SMILES string of the molecule is CCCCS(=O)(=O)N[C@@H](C)C(=O)OCC(=O)Nc1ccc(Cl)cc1. The molecule has 0 heterocycles. The summed E-state index contributed by atoms with van der Waals surface area (Å²) in [5.41, 5.74) is 0.508. The first-order chi connectivity index (χ1) is 11.2.